The van der Waals surface area contributed by atoms with Gasteiger partial charge in [0.15, 0.2) is 6.23 Å². The van der Waals surface area contributed by atoms with Crippen LogP contribution in [0.15, 0.2) is 29.1 Å². The van der Waals surface area contributed by atoms with Crippen LogP contribution in [0.5, 0.6) is 5.75 Å². The lowest BCUT2D eigenvalue weighted by atomic mass is 10.1. The summed E-state index contributed by atoms with van der Waals surface area (Å²) in [6.45, 7) is 15.5. The van der Waals surface area contributed by atoms with Crippen LogP contribution in [0.2, 0.25) is 0 Å². The number of aromatic nitrogens is 2. The number of carbonyl (C=O) groups excluding carboxylic acids is 1. The number of hydrogen-bond acceptors (Lipinski definition) is 7. The molecule has 1 N–H and O–H groups in total. The fourth-order valence-corrected chi connectivity index (χ4v) is 4.18. The number of nitrogens with one attached hydrogen (secondary N) is 1. The molecule has 2 atom stereocenters. The number of methoxy groups -OCH3 is 1. The molecule has 0 aliphatic carbocycles. The smallest absolute Gasteiger partial charge is 0.410 e. The molecule has 218 valence electrons. The topological polar surface area (TPSA) is 94.9 Å². The Kier molecular flexibility index (Phi) is 12.4. The van der Waals surface area contributed by atoms with Crippen molar-refractivity contribution in [1.29, 1.82) is 0 Å². The Morgan fingerprint density at radius 1 is 1.21 bits per heavy atom. The number of ether oxygens (including phenoxy) is 3. The molecule has 9 nitrogen and oxygen atoms in total. The van der Waals surface area contributed by atoms with Gasteiger partial charge in [-0.05, 0) is 78.0 Å². The van der Waals surface area contributed by atoms with Crippen LogP contribution >= 0.6 is 0 Å². The van der Waals surface area contributed by atoms with Gasteiger partial charge in [0.2, 0.25) is 5.75 Å². The van der Waals surface area contributed by atoms with Gasteiger partial charge in [-0.1, -0.05) is 19.1 Å². The highest BCUT2D eigenvalue weighted by Gasteiger charge is 2.25. The van der Waals surface area contributed by atoms with E-state index in [4.69, 9.17) is 19.2 Å². The molecule has 10 heteroatoms. The molecule has 39 heavy (non-hydrogen) atoms. The number of halogens is 1. The van der Waals surface area contributed by atoms with E-state index in [-0.39, 0.29) is 29.1 Å². The first kappa shape index (κ1) is 32.2. The van der Waals surface area contributed by atoms with Crippen LogP contribution in [0.1, 0.15) is 77.7 Å². The number of amides is 1. The van der Waals surface area contributed by atoms with Crippen molar-refractivity contribution in [2.24, 2.45) is 5.92 Å². The van der Waals surface area contributed by atoms with Gasteiger partial charge < -0.3 is 19.1 Å². The van der Waals surface area contributed by atoms with Crippen molar-refractivity contribution in [3.63, 3.8) is 0 Å². The lowest BCUT2D eigenvalue weighted by Crippen LogP contribution is -2.37. The van der Waals surface area contributed by atoms with Crippen molar-refractivity contribution in [2.45, 2.75) is 86.2 Å². The average molecular weight is 549 g/mol. The zero-order valence-electron chi connectivity index (χ0n) is 24.7. The molecule has 0 fully saturated rings. The van der Waals surface area contributed by atoms with Crippen molar-refractivity contribution in [3.8, 4) is 5.75 Å². The number of hydrogen-bond donors (Lipinski definition) is 1. The summed E-state index contributed by atoms with van der Waals surface area (Å²) in [7, 11) is 1.53. The van der Waals surface area contributed by atoms with Gasteiger partial charge in [0, 0.05) is 33.3 Å². The van der Waals surface area contributed by atoms with Gasteiger partial charge in [0.05, 0.1) is 6.61 Å². The number of aryl methyl sites for hydroxylation is 1. The Balaban J connectivity index is 2.12. The molecule has 1 aromatic carbocycles. The fraction of sp³-hybridized carbons (Fsp3) is 0.621. The van der Waals surface area contributed by atoms with Crippen LogP contribution in [-0.2, 0) is 22.6 Å². The zero-order chi connectivity index (χ0) is 29.2. The summed E-state index contributed by atoms with van der Waals surface area (Å²) in [5, 5.41) is 3.22. The Labute approximate surface area is 231 Å². The van der Waals surface area contributed by atoms with Crippen molar-refractivity contribution in [2.75, 3.05) is 26.8 Å². The maximum Gasteiger partial charge on any atom is 0.410 e. The molecule has 0 aliphatic heterocycles. The van der Waals surface area contributed by atoms with Crippen molar-refractivity contribution in [3.05, 3.63) is 57.5 Å². The molecule has 0 radical (unpaired) electrons. The highest BCUT2D eigenvalue weighted by atomic mass is 19.1. The van der Waals surface area contributed by atoms with Gasteiger partial charge in [0.1, 0.15) is 22.9 Å². The summed E-state index contributed by atoms with van der Waals surface area (Å²) < 4.78 is 31.8. The Bertz CT molecular complexity index is 1110. The second-order valence-corrected chi connectivity index (χ2v) is 10.7. The van der Waals surface area contributed by atoms with E-state index < -0.39 is 11.8 Å². The molecule has 0 bridgehead atoms. The fourth-order valence-electron chi connectivity index (χ4n) is 4.18. The van der Waals surface area contributed by atoms with E-state index in [1.807, 2.05) is 34.6 Å². The Hall–Kier alpha value is -2.98. The summed E-state index contributed by atoms with van der Waals surface area (Å²) >= 11 is 0. The highest BCUT2D eigenvalue weighted by Crippen LogP contribution is 2.23. The molecular formula is C29H45FN4O5. The number of benzene rings is 1. The molecule has 2 rings (SSSR count). The van der Waals surface area contributed by atoms with Crippen LogP contribution in [-0.4, -0.2) is 53.0 Å². The summed E-state index contributed by atoms with van der Waals surface area (Å²) in [4.78, 5) is 32.3. The van der Waals surface area contributed by atoms with Crippen LogP contribution in [0.4, 0.5) is 9.18 Å². The normalized spacial score (nSPS) is 13.2. The molecule has 1 heterocycles. The van der Waals surface area contributed by atoms with Crippen LogP contribution in [0.3, 0.4) is 0 Å². The van der Waals surface area contributed by atoms with E-state index in [1.54, 1.807) is 28.5 Å². The van der Waals surface area contributed by atoms with Gasteiger partial charge in [-0.2, -0.15) is 0 Å². The van der Waals surface area contributed by atoms with Crippen molar-refractivity contribution < 1.29 is 23.4 Å². The summed E-state index contributed by atoms with van der Waals surface area (Å²) in [5.74, 6) is 0.563. The summed E-state index contributed by atoms with van der Waals surface area (Å²) in [5.41, 5.74) is 0.444. The van der Waals surface area contributed by atoms with Gasteiger partial charge in [-0.15, -0.1) is 0 Å². The van der Waals surface area contributed by atoms with Gasteiger partial charge in [0.25, 0.3) is 5.56 Å². The standard InChI is InChI=1S/C29H45FN4O5/c1-9-33(28(36)39-29(5,6)7)17-11-12-20(3)19-34-21(4)32-24(25(27(34)35)38-10-2)26(37-8)31-18-22-13-15-23(30)16-14-22/h13-16,20,26,31H,9-12,17-19H2,1-8H3. The van der Waals surface area contributed by atoms with E-state index in [0.29, 0.717) is 44.3 Å². The maximum atomic E-state index is 13.5. The first-order valence-corrected chi connectivity index (χ1v) is 13.6. The predicted molar refractivity (Wildman–Crippen MR) is 149 cm³/mol. The largest absolute Gasteiger partial charge is 0.487 e. The lowest BCUT2D eigenvalue weighted by Gasteiger charge is -2.27. The minimum absolute atomic E-state index is 0.149. The lowest BCUT2D eigenvalue weighted by molar-refractivity contribution is 0.0255. The van der Waals surface area contributed by atoms with Crippen LogP contribution < -0.4 is 15.6 Å². The molecule has 2 unspecified atom stereocenters. The van der Waals surface area contributed by atoms with Crippen molar-refractivity contribution in [1.82, 2.24) is 19.8 Å². The second-order valence-electron chi connectivity index (χ2n) is 10.7. The number of carbonyl (C=O) groups is 1. The van der Waals surface area contributed by atoms with E-state index in [1.165, 1.54) is 19.2 Å². The SMILES string of the molecule is CCOc1c(C(NCc2ccc(F)cc2)OC)nc(C)n(CC(C)CCCN(CC)C(=O)OC(C)(C)C)c1=O. The third-order valence-corrected chi connectivity index (χ3v) is 6.18. The van der Waals surface area contributed by atoms with Crippen molar-refractivity contribution >= 4 is 6.09 Å². The van der Waals surface area contributed by atoms with Gasteiger partial charge >= 0.3 is 6.09 Å². The van der Waals surface area contributed by atoms with E-state index in [2.05, 4.69) is 12.2 Å². The van der Waals surface area contributed by atoms with Crippen LogP contribution in [0.25, 0.3) is 0 Å². The molecule has 0 aliphatic rings. The summed E-state index contributed by atoms with van der Waals surface area (Å²) in [6, 6.07) is 6.16. The third kappa shape index (κ3) is 9.93. The predicted octanol–water partition coefficient (Wildman–Crippen LogP) is 5.20. The zero-order valence-corrected chi connectivity index (χ0v) is 24.7. The molecular weight excluding hydrogens is 503 g/mol. The monoisotopic (exact) mass is 548 g/mol. The van der Waals surface area contributed by atoms with Crippen LogP contribution in [0, 0.1) is 18.7 Å². The molecule has 2 aromatic rings. The average Bonchev–Trinajstić information content (AvgIpc) is 2.86. The van der Waals surface area contributed by atoms with Gasteiger partial charge in [-0.25, -0.2) is 14.2 Å². The molecule has 0 saturated carbocycles. The first-order valence-electron chi connectivity index (χ1n) is 13.6. The highest BCUT2D eigenvalue weighted by molar-refractivity contribution is 5.68. The quantitative estimate of drug-likeness (QED) is 0.324. The third-order valence-electron chi connectivity index (χ3n) is 6.18. The van der Waals surface area contributed by atoms with E-state index >= 15 is 0 Å². The molecule has 0 saturated heterocycles. The second kappa shape index (κ2) is 15.0. The Morgan fingerprint density at radius 3 is 2.44 bits per heavy atom. The number of nitrogens with zero attached hydrogens (tertiary/aromatic N) is 3. The molecule has 1 amide bonds. The first-order chi connectivity index (χ1) is 18.4. The van der Waals surface area contributed by atoms with E-state index in [9.17, 15) is 14.0 Å². The minimum atomic E-state index is -0.692. The maximum absolute atomic E-state index is 13.5. The van der Waals surface area contributed by atoms with Gasteiger partial charge in [-0.3, -0.25) is 14.7 Å². The number of rotatable bonds is 14. The molecule has 0 spiro atoms. The minimum Gasteiger partial charge on any atom is -0.487 e. The van der Waals surface area contributed by atoms with E-state index in [0.717, 1.165) is 18.4 Å². The Morgan fingerprint density at radius 2 is 1.87 bits per heavy atom. The molecule has 1 aromatic heterocycles. The summed E-state index contributed by atoms with van der Waals surface area (Å²) in [6.07, 6.45) is 0.594.